The van der Waals surface area contributed by atoms with Gasteiger partial charge in [-0.15, -0.1) is 0 Å². The Balaban J connectivity index is 1.69. The van der Waals surface area contributed by atoms with Gasteiger partial charge in [-0.2, -0.15) is 0 Å². The molecule has 3 nitrogen and oxygen atoms in total. The van der Waals surface area contributed by atoms with Crippen LogP contribution in [0.5, 0.6) is 11.6 Å². The molecule has 0 amide bonds. The highest BCUT2D eigenvalue weighted by atomic mass is 19.1. The molecule has 0 aliphatic heterocycles. The van der Waals surface area contributed by atoms with E-state index in [-0.39, 0.29) is 5.82 Å². The van der Waals surface area contributed by atoms with Crippen molar-refractivity contribution in [2.45, 2.75) is 32.4 Å². The van der Waals surface area contributed by atoms with E-state index >= 15 is 0 Å². The van der Waals surface area contributed by atoms with Crippen molar-refractivity contribution in [2.75, 3.05) is 0 Å². The normalized spacial score (nSPS) is 15.7. The molecule has 0 saturated heterocycles. The zero-order chi connectivity index (χ0) is 14.7. The molecule has 1 fully saturated rings. The van der Waals surface area contributed by atoms with E-state index in [0.29, 0.717) is 24.2 Å². The molecule has 3 rings (SSSR count). The highest BCUT2D eigenvalue weighted by molar-refractivity contribution is 5.32. The molecule has 4 heteroatoms. The number of rotatable bonds is 6. The van der Waals surface area contributed by atoms with Crippen LogP contribution in [0.4, 0.5) is 4.39 Å². The van der Waals surface area contributed by atoms with Crippen LogP contribution in [0.1, 0.15) is 25.3 Å². The largest absolute Gasteiger partial charge is 0.439 e. The van der Waals surface area contributed by atoms with Crippen LogP contribution in [0.25, 0.3) is 0 Å². The Labute approximate surface area is 124 Å². The van der Waals surface area contributed by atoms with Gasteiger partial charge in [0.2, 0.25) is 5.88 Å². The van der Waals surface area contributed by atoms with Crippen molar-refractivity contribution in [1.29, 1.82) is 0 Å². The average molecular weight is 286 g/mol. The molecule has 0 radical (unpaired) electrons. The number of hydrogen-bond donors (Lipinski definition) is 1. The topological polar surface area (TPSA) is 34.2 Å². The van der Waals surface area contributed by atoms with Gasteiger partial charge in [0.15, 0.2) is 0 Å². The number of hydrogen-bond acceptors (Lipinski definition) is 3. The Morgan fingerprint density at radius 1 is 1.33 bits per heavy atom. The molecule has 21 heavy (non-hydrogen) atoms. The summed E-state index contributed by atoms with van der Waals surface area (Å²) in [7, 11) is 0. The first-order valence-electron chi connectivity index (χ1n) is 7.33. The molecule has 0 spiro atoms. The maximum absolute atomic E-state index is 13.2. The maximum Gasteiger partial charge on any atom is 0.223 e. The van der Waals surface area contributed by atoms with Crippen molar-refractivity contribution >= 4 is 0 Å². The number of ether oxygens (including phenoxy) is 1. The molecule has 110 valence electrons. The van der Waals surface area contributed by atoms with E-state index in [4.69, 9.17) is 4.74 Å². The summed E-state index contributed by atoms with van der Waals surface area (Å²) < 4.78 is 18.9. The Bertz CT molecular complexity index is 613. The highest BCUT2D eigenvalue weighted by Crippen LogP contribution is 2.32. The lowest BCUT2D eigenvalue weighted by Crippen LogP contribution is -2.27. The summed E-state index contributed by atoms with van der Waals surface area (Å²) in [4.78, 5) is 4.26. The Kier molecular flexibility index (Phi) is 4.15. The van der Waals surface area contributed by atoms with Gasteiger partial charge in [-0.25, -0.2) is 9.37 Å². The first kappa shape index (κ1) is 14.0. The lowest BCUT2D eigenvalue weighted by molar-refractivity contribution is 0.439. The van der Waals surface area contributed by atoms with Crippen LogP contribution in [0, 0.1) is 11.7 Å². The fourth-order valence-corrected chi connectivity index (χ4v) is 2.33. The van der Waals surface area contributed by atoms with E-state index in [2.05, 4.69) is 17.2 Å². The molecule has 1 heterocycles. The molecule has 1 aromatic carbocycles. The van der Waals surface area contributed by atoms with Crippen LogP contribution in [0.15, 0.2) is 42.6 Å². The van der Waals surface area contributed by atoms with Crippen LogP contribution in [0.2, 0.25) is 0 Å². The second-order valence-corrected chi connectivity index (χ2v) is 5.53. The van der Waals surface area contributed by atoms with E-state index < -0.39 is 0 Å². The molecule has 1 aromatic heterocycles. The fraction of sp³-hybridized carbons (Fsp3) is 0.353. The third kappa shape index (κ3) is 3.79. The van der Waals surface area contributed by atoms with Crippen LogP contribution < -0.4 is 10.1 Å². The van der Waals surface area contributed by atoms with Crippen molar-refractivity contribution < 1.29 is 9.13 Å². The smallest absolute Gasteiger partial charge is 0.223 e. The Morgan fingerprint density at radius 3 is 2.95 bits per heavy atom. The summed E-state index contributed by atoms with van der Waals surface area (Å²) in [6, 6.07) is 10.5. The van der Waals surface area contributed by atoms with Crippen LogP contribution in [0.3, 0.4) is 0 Å². The number of pyridine rings is 1. The second kappa shape index (κ2) is 6.22. The van der Waals surface area contributed by atoms with E-state index in [0.717, 1.165) is 11.5 Å². The van der Waals surface area contributed by atoms with E-state index in [1.807, 2.05) is 12.1 Å². The third-order valence-corrected chi connectivity index (χ3v) is 3.80. The van der Waals surface area contributed by atoms with Gasteiger partial charge in [0.1, 0.15) is 11.6 Å². The Morgan fingerprint density at radius 2 is 2.19 bits per heavy atom. The van der Waals surface area contributed by atoms with Gasteiger partial charge in [-0.05, 0) is 43.9 Å². The van der Waals surface area contributed by atoms with Gasteiger partial charge >= 0.3 is 0 Å². The van der Waals surface area contributed by atoms with E-state index in [1.54, 1.807) is 18.3 Å². The van der Waals surface area contributed by atoms with Gasteiger partial charge in [-0.3, -0.25) is 0 Å². The molecular weight excluding hydrogens is 267 g/mol. The molecule has 1 aliphatic rings. The zero-order valence-corrected chi connectivity index (χ0v) is 12.1. The van der Waals surface area contributed by atoms with Crippen LogP contribution in [-0.2, 0) is 6.54 Å². The number of benzene rings is 1. The molecular formula is C17H19FN2O. The number of nitrogens with zero attached hydrogens (tertiary/aromatic N) is 1. The predicted octanol–water partition coefficient (Wildman–Crippen LogP) is 3.90. The summed E-state index contributed by atoms with van der Waals surface area (Å²) in [5, 5.41) is 3.50. The zero-order valence-electron chi connectivity index (χ0n) is 12.1. The van der Waals surface area contributed by atoms with Crippen molar-refractivity contribution in [3.05, 3.63) is 54.0 Å². The van der Waals surface area contributed by atoms with Crippen molar-refractivity contribution in [1.82, 2.24) is 10.3 Å². The summed E-state index contributed by atoms with van der Waals surface area (Å²) in [6.45, 7) is 2.91. The minimum atomic E-state index is -0.314. The average Bonchev–Trinajstić information content (AvgIpc) is 3.31. The lowest BCUT2D eigenvalue weighted by Gasteiger charge is -2.14. The molecule has 1 N–H and O–H groups in total. The van der Waals surface area contributed by atoms with Crippen LogP contribution >= 0.6 is 0 Å². The second-order valence-electron chi connectivity index (χ2n) is 5.53. The van der Waals surface area contributed by atoms with E-state index in [9.17, 15) is 4.39 Å². The number of nitrogens with one attached hydrogen (secondary N) is 1. The summed E-state index contributed by atoms with van der Waals surface area (Å²) in [5.74, 6) is 1.48. The first-order chi connectivity index (χ1) is 10.2. The number of halogens is 1. The Hall–Kier alpha value is -1.94. The summed E-state index contributed by atoms with van der Waals surface area (Å²) in [5.41, 5.74) is 0.981. The minimum Gasteiger partial charge on any atom is -0.439 e. The minimum absolute atomic E-state index is 0.314. The first-order valence-corrected chi connectivity index (χ1v) is 7.33. The van der Waals surface area contributed by atoms with Crippen molar-refractivity contribution in [3.8, 4) is 11.6 Å². The monoisotopic (exact) mass is 286 g/mol. The van der Waals surface area contributed by atoms with Gasteiger partial charge in [0.25, 0.3) is 0 Å². The molecule has 2 aromatic rings. The molecule has 1 aliphatic carbocycles. The SMILES string of the molecule is CC(NCc1cccnc1Oc1cccc(F)c1)C1CC1. The lowest BCUT2D eigenvalue weighted by atomic mass is 10.2. The van der Waals surface area contributed by atoms with Gasteiger partial charge < -0.3 is 10.1 Å². The molecule has 1 atom stereocenters. The summed E-state index contributed by atoms with van der Waals surface area (Å²) >= 11 is 0. The van der Waals surface area contributed by atoms with Crippen molar-refractivity contribution in [3.63, 3.8) is 0 Å². The molecule has 0 bridgehead atoms. The summed E-state index contributed by atoms with van der Waals surface area (Å²) in [6.07, 6.45) is 4.31. The van der Waals surface area contributed by atoms with Gasteiger partial charge in [0.05, 0.1) is 0 Å². The third-order valence-electron chi connectivity index (χ3n) is 3.80. The predicted molar refractivity (Wildman–Crippen MR) is 79.7 cm³/mol. The van der Waals surface area contributed by atoms with Crippen molar-refractivity contribution in [2.24, 2.45) is 5.92 Å². The standard InChI is InChI=1S/C17H19FN2O/c1-12(13-7-8-13)20-11-14-4-3-9-19-17(14)21-16-6-2-5-15(18)10-16/h2-6,9-10,12-13,20H,7-8,11H2,1H3. The quantitative estimate of drug-likeness (QED) is 0.874. The van der Waals surface area contributed by atoms with Gasteiger partial charge in [-0.1, -0.05) is 12.1 Å². The van der Waals surface area contributed by atoms with E-state index in [1.165, 1.54) is 25.0 Å². The van der Waals surface area contributed by atoms with Crippen LogP contribution in [-0.4, -0.2) is 11.0 Å². The molecule has 1 saturated carbocycles. The van der Waals surface area contributed by atoms with Gasteiger partial charge in [0, 0.05) is 30.4 Å². The maximum atomic E-state index is 13.2. The number of aromatic nitrogens is 1. The fourth-order valence-electron chi connectivity index (χ4n) is 2.33. The molecule has 1 unspecified atom stereocenters. The highest BCUT2D eigenvalue weighted by Gasteiger charge is 2.27.